The standard InChI is InChI=1S/C19H23NO/c1-3-13(2)14-8-10-16(11-9-14)21-18-12-15-6-4-5-7-17(15)19(18)20/h4-11,13,18-19H,3,12,20H2,1-2H3. The van der Waals surface area contributed by atoms with E-state index in [9.17, 15) is 0 Å². The number of nitrogens with two attached hydrogens (primary N) is 1. The first-order valence-corrected chi connectivity index (χ1v) is 7.79. The van der Waals surface area contributed by atoms with Crippen LogP contribution in [0.1, 0.15) is 48.9 Å². The number of fused-ring (bicyclic) bond motifs is 1. The monoisotopic (exact) mass is 281 g/mol. The van der Waals surface area contributed by atoms with Gasteiger partial charge in [-0.2, -0.15) is 0 Å². The zero-order valence-electron chi connectivity index (χ0n) is 12.8. The van der Waals surface area contributed by atoms with Crippen LogP contribution >= 0.6 is 0 Å². The first kappa shape index (κ1) is 14.2. The zero-order chi connectivity index (χ0) is 14.8. The van der Waals surface area contributed by atoms with E-state index in [1.165, 1.54) is 16.7 Å². The van der Waals surface area contributed by atoms with Gasteiger partial charge in [0.05, 0.1) is 6.04 Å². The van der Waals surface area contributed by atoms with Crippen LogP contribution in [0.4, 0.5) is 0 Å². The third-order valence-corrected chi connectivity index (χ3v) is 4.58. The highest BCUT2D eigenvalue weighted by Crippen LogP contribution is 2.32. The van der Waals surface area contributed by atoms with Gasteiger partial charge in [0.15, 0.2) is 0 Å². The van der Waals surface area contributed by atoms with Crippen molar-refractivity contribution in [3.8, 4) is 5.75 Å². The number of rotatable bonds is 4. The molecule has 0 aromatic heterocycles. The van der Waals surface area contributed by atoms with Crippen molar-refractivity contribution in [1.82, 2.24) is 0 Å². The van der Waals surface area contributed by atoms with Gasteiger partial charge in [-0.25, -0.2) is 0 Å². The van der Waals surface area contributed by atoms with Crippen LogP contribution in [0.2, 0.25) is 0 Å². The molecule has 2 aromatic carbocycles. The molecule has 2 aromatic rings. The first-order chi connectivity index (χ1) is 10.2. The molecule has 1 aliphatic carbocycles. The van der Waals surface area contributed by atoms with Crippen LogP contribution in [0.3, 0.4) is 0 Å². The quantitative estimate of drug-likeness (QED) is 0.911. The normalized spacial score (nSPS) is 21.9. The average molecular weight is 281 g/mol. The van der Waals surface area contributed by atoms with Crippen LogP contribution in [0.15, 0.2) is 48.5 Å². The molecule has 0 saturated heterocycles. The molecule has 0 saturated carbocycles. The van der Waals surface area contributed by atoms with Crippen LogP contribution in [0, 0.1) is 0 Å². The maximum Gasteiger partial charge on any atom is 0.122 e. The second-order valence-electron chi connectivity index (χ2n) is 5.96. The van der Waals surface area contributed by atoms with E-state index in [1.807, 2.05) is 6.07 Å². The van der Waals surface area contributed by atoms with Crippen molar-refractivity contribution < 1.29 is 4.74 Å². The van der Waals surface area contributed by atoms with Crippen molar-refractivity contribution in [2.24, 2.45) is 5.73 Å². The van der Waals surface area contributed by atoms with Crippen LogP contribution < -0.4 is 10.5 Å². The van der Waals surface area contributed by atoms with E-state index in [0.717, 1.165) is 18.6 Å². The summed E-state index contributed by atoms with van der Waals surface area (Å²) in [5, 5.41) is 0. The molecule has 110 valence electrons. The Hall–Kier alpha value is -1.80. The lowest BCUT2D eigenvalue weighted by molar-refractivity contribution is 0.185. The Morgan fingerprint density at radius 1 is 1.14 bits per heavy atom. The summed E-state index contributed by atoms with van der Waals surface area (Å²) in [7, 11) is 0. The first-order valence-electron chi connectivity index (χ1n) is 7.79. The predicted molar refractivity (Wildman–Crippen MR) is 86.6 cm³/mol. The largest absolute Gasteiger partial charge is 0.488 e. The Morgan fingerprint density at radius 3 is 2.52 bits per heavy atom. The number of hydrogen-bond acceptors (Lipinski definition) is 2. The SMILES string of the molecule is CCC(C)c1ccc(OC2Cc3ccccc3C2N)cc1. The maximum absolute atomic E-state index is 6.31. The Kier molecular flexibility index (Phi) is 3.98. The molecule has 3 rings (SSSR count). The molecule has 0 amide bonds. The van der Waals surface area contributed by atoms with Gasteiger partial charge in [0.2, 0.25) is 0 Å². The maximum atomic E-state index is 6.31. The van der Waals surface area contributed by atoms with Gasteiger partial charge in [0.25, 0.3) is 0 Å². The molecule has 21 heavy (non-hydrogen) atoms. The molecular formula is C19H23NO. The van der Waals surface area contributed by atoms with Crippen molar-refractivity contribution in [3.63, 3.8) is 0 Å². The molecule has 3 unspecified atom stereocenters. The summed E-state index contributed by atoms with van der Waals surface area (Å²) in [6, 6.07) is 16.8. The fraction of sp³-hybridized carbons (Fsp3) is 0.368. The van der Waals surface area contributed by atoms with Gasteiger partial charge in [-0.15, -0.1) is 0 Å². The summed E-state index contributed by atoms with van der Waals surface area (Å²) in [6.45, 7) is 4.46. The lowest BCUT2D eigenvalue weighted by Crippen LogP contribution is -2.27. The third kappa shape index (κ3) is 2.81. The van der Waals surface area contributed by atoms with Gasteiger partial charge in [-0.3, -0.25) is 0 Å². The molecule has 0 spiro atoms. The second-order valence-corrected chi connectivity index (χ2v) is 5.96. The van der Waals surface area contributed by atoms with Crippen LogP contribution in [-0.2, 0) is 6.42 Å². The van der Waals surface area contributed by atoms with Crippen molar-refractivity contribution in [2.45, 2.75) is 44.8 Å². The lowest BCUT2D eigenvalue weighted by atomic mass is 9.99. The van der Waals surface area contributed by atoms with Gasteiger partial charge >= 0.3 is 0 Å². The molecule has 0 fully saturated rings. The lowest BCUT2D eigenvalue weighted by Gasteiger charge is -2.19. The van der Waals surface area contributed by atoms with Crippen molar-refractivity contribution >= 4 is 0 Å². The predicted octanol–water partition coefficient (Wildman–Crippen LogP) is 4.20. The summed E-state index contributed by atoms with van der Waals surface area (Å²) in [5.74, 6) is 1.51. The summed E-state index contributed by atoms with van der Waals surface area (Å²) in [6.07, 6.45) is 2.09. The number of benzene rings is 2. The van der Waals surface area contributed by atoms with Gasteiger partial charge in [0.1, 0.15) is 11.9 Å². The fourth-order valence-corrected chi connectivity index (χ4v) is 2.99. The molecule has 0 radical (unpaired) electrons. The van der Waals surface area contributed by atoms with E-state index >= 15 is 0 Å². The second kappa shape index (κ2) is 5.90. The molecule has 1 aliphatic rings. The van der Waals surface area contributed by atoms with Crippen molar-refractivity contribution in [2.75, 3.05) is 0 Å². The molecule has 3 atom stereocenters. The Bertz CT molecular complexity index is 605. The summed E-state index contributed by atoms with van der Waals surface area (Å²) in [5.41, 5.74) is 10.2. The van der Waals surface area contributed by atoms with E-state index in [2.05, 4.69) is 56.3 Å². The molecule has 0 bridgehead atoms. The van der Waals surface area contributed by atoms with Crippen molar-refractivity contribution in [1.29, 1.82) is 0 Å². The van der Waals surface area contributed by atoms with Gasteiger partial charge in [0, 0.05) is 6.42 Å². The fourth-order valence-electron chi connectivity index (χ4n) is 2.99. The van der Waals surface area contributed by atoms with E-state index in [0.29, 0.717) is 5.92 Å². The van der Waals surface area contributed by atoms with E-state index < -0.39 is 0 Å². The van der Waals surface area contributed by atoms with Gasteiger partial charge in [-0.1, -0.05) is 50.2 Å². The summed E-state index contributed by atoms with van der Waals surface area (Å²) >= 11 is 0. The van der Waals surface area contributed by atoms with E-state index in [-0.39, 0.29) is 12.1 Å². The van der Waals surface area contributed by atoms with E-state index in [4.69, 9.17) is 10.5 Å². The highest BCUT2D eigenvalue weighted by Gasteiger charge is 2.30. The van der Waals surface area contributed by atoms with Crippen molar-refractivity contribution in [3.05, 3.63) is 65.2 Å². The topological polar surface area (TPSA) is 35.2 Å². The molecule has 2 N–H and O–H groups in total. The number of hydrogen-bond donors (Lipinski definition) is 1. The Labute approximate surface area is 126 Å². The van der Waals surface area contributed by atoms with Crippen LogP contribution in [0.5, 0.6) is 5.75 Å². The highest BCUT2D eigenvalue weighted by molar-refractivity contribution is 5.37. The van der Waals surface area contributed by atoms with Gasteiger partial charge in [-0.05, 0) is 41.2 Å². The third-order valence-electron chi connectivity index (χ3n) is 4.58. The zero-order valence-corrected chi connectivity index (χ0v) is 12.8. The summed E-state index contributed by atoms with van der Waals surface area (Å²) < 4.78 is 6.11. The van der Waals surface area contributed by atoms with Crippen LogP contribution in [0.25, 0.3) is 0 Å². The minimum Gasteiger partial charge on any atom is -0.488 e. The molecule has 2 heteroatoms. The molecule has 2 nitrogen and oxygen atoms in total. The molecule has 0 heterocycles. The van der Waals surface area contributed by atoms with Crippen LogP contribution in [-0.4, -0.2) is 6.10 Å². The minimum atomic E-state index is -0.0320. The average Bonchev–Trinajstić information content (AvgIpc) is 2.84. The van der Waals surface area contributed by atoms with E-state index in [1.54, 1.807) is 0 Å². The minimum absolute atomic E-state index is 0.0320. The Morgan fingerprint density at radius 2 is 1.86 bits per heavy atom. The highest BCUT2D eigenvalue weighted by atomic mass is 16.5. The summed E-state index contributed by atoms with van der Waals surface area (Å²) in [4.78, 5) is 0. The smallest absolute Gasteiger partial charge is 0.122 e. The molecule has 0 aliphatic heterocycles. The van der Waals surface area contributed by atoms with Gasteiger partial charge < -0.3 is 10.5 Å². The molecular weight excluding hydrogens is 258 g/mol. The number of ether oxygens (including phenoxy) is 1. The Balaban J connectivity index is 1.71.